The molecule has 0 bridgehead atoms. The van der Waals surface area contributed by atoms with Crippen LogP contribution in [-0.2, 0) is 0 Å². The number of phenols is 1. The van der Waals surface area contributed by atoms with E-state index in [0.29, 0.717) is 17.1 Å². The lowest BCUT2D eigenvalue weighted by molar-refractivity contribution is 0.476. The zero-order chi connectivity index (χ0) is 16.3. The van der Waals surface area contributed by atoms with E-state index in [2.05, 4.69) is 15.3 Å². The Hall–Kier alpha value is -1.92. The first kappa shape index (κ1) is 16.5. The summed E-state index contributed by atoms with van der Waals surface area (Å²) >= 11 is 5.93. The number of nitrogens with one attached hydrogen (secondary N) is 1. The van der Waals surface area contributed by atoms with Crippen LogP contribution in [0.25, 0.3) is 11.4 Å². The number of rotatable bonds is 5. The van der Waals surface area contributed by atoms with Gasteiger partial charge < -0.3 is 16.2 Å². The smallest absolute Gasteiger partial charge is 0.186 e. The van der Waals surface area contributed by atoms with E-state index in [9.17, 15) is 9.50 Å². The Morgan fingerprint density at radius 2 is 2.14 bits per heavy atom. The molecular formula is C15H18ClFN4O. The number of halogens is 2. The third-order valence-electron chi connectivity index (χ3n) is 3.27. The normalized spacial score (nSPS) is 12.2. The van der Waals surface area contributed by atoms with Gasteiger partial charge in [0.1, 0.15) is 5.75 Å². The Bertz CT molecular complexity index is 681. The van der Waals surface area contributed by atoms with Crippen molar-refractivity contribution in [2.24, 2.45) is 5.73 Å². The lowest BCUT2D eigenvalue weighted by Crippen LogP contribution is -2.28. The SMILES string of the molecule is CC[C@H](N)CNc1nc(-c2cc(Cl)ccc2O)nc(C)c1F. The summed E-state index contributed by atoms with van der Waals surface area (Å²) in [7, 11) is 0. The second kappa shape index (κ2) is 6.89. The number of anilines is 1. The van der Waals surface area contributed by atoms with Crippen molar-refractivity contribution in [3.05, 3.63) is 34.7 Å². The summed E-state index contributed by atoms with van der Waals surface area (Å²) in [4.78, 5) is 8.22. The highest BCUT2D eigenvalue weighted by atomic mass is 35.5. The van der Waals surface area contributed by atoms with Crippen LogP contribution in [0.4, 0.5) is 10.2 Å². The fourth-order valence-corrected chi connectivity index (χ4v) is 2.03. The molecule has 0 spiro atoms. The van der Waals surface area contributed by atoms with E-state index in [4.69, 9.17) is 17.3 Å². The van der Waals surface area contributed by atoms with Gasteiger partial charge in [-0.3, -0.25) is 0 Å². The van der Waals surface area contributed by atoms with Crippen molar-refractivity contribution in [2.75, 3.05) is 11.9 Å². The fraction of sp³-hybridized carbons (Fsp3) is 0.333. The molecule has 22 heavy (non-hydrogen) atoms. The molecular weight excluding hydrogens is 307 g/mol. The maximum Gasteiger partial charge on any atom is 0.186 e. The van der Waals surface area contributed by atoms with Gasteiger partial charge in [-0.2, -0.15) is 0 Å². The summed E-state index contributed by atoms with van der Waals surface area (Å²) in [5.41, 5.74) is 6.34. The van der Waals surface area contributed by atoms with E-state index in [1.54, 1.807) is 6.07 Å². The molecule has 0 aliphatic rings. The third-order valence-corrected chi connectivity index (χ3v) is 3.51. The molecule has 118 valence electrons. The second-order valence-electron chi connectivity index (χ2n) is 5.01. The summed E-state index contributed by atoms with van der Waals surface area (Å²) in [6.45, 7) is 3.88. The van der Waals surface area contributed by atoms with Gasteiger partial charge in [0.05, 0.1) is 11.3 Å². The average Bonchev–Trinajstić information content (AvgIpc) is 2.50. The summed E-state index contributed by atoms with van der Waals surface area (Å²) in [5.74, 6) is -0.294. The molecule has 2 aromatic rings. The Morgan fingerprint density at radius 1 is 1.41 bits per heavy atom. The summed E-state index contributed by atoms with van der Waals surface area (Å²) in [5, 5.41) is 13.2. The number of nitrogens with zero attached hydrogens (tertiary/aromatic N) is 2. The lowest BCUT2D eigenvalue weighted by Gasteiger charge is -2.13. The Morgan fingerprint density at radius 3 is 2.82 bits per heavy atom. The lowest BCUT2D eigenvalue weighted by atomic mass is 10.2. The molecule has 1 aromatic carbocycles. The van der Waals surface area contributed by atoms with Crippen molar-refractivity contribution in [3.8, 4) is 17.1 Å². The number of aromatic hydroxyl groups is 1. The largest absolute Gasteiger partial charge is 0.507 e. The van der Waals surface area contributed by atoms with E-state index in [1.807, 2.05) is 6.92 Å². The first-order chi connectivity index (χ1) is 10.4. The van der Waals surface area contributed by atoms with Gasteiger partial charge in [-0.15, -0.1) is 0 Å². The van der Waals surface area contributed by atoms with Gasteiger partial charge >= 0.3 is 0 Å². The van der Waals surface area contributed by atoms with Gasteiger partial charge in [-0.05, 0) is 31.5 Å². The van der Waals surface area contributed by atoms with Crippen molar-refractivity contribution < 1.29 is 9.50 Å². The number of hydrogen-bond donors (Lipinski definition) is 3. The minimum Gasteiger partial charge on any atom is -0.507 e. The van der Waals surface area contributed by atoms with Crippen molar-refractivity contribution in [1.29, 1.82) is 0 Å². The highest BCUT2D eigenvalue weighted by Gasteiger charge is 2.15. The highest BCUT2D eigenvalue weighted by molar-refractivity contribution is 6.30. The maximum atomic E-state index is 14.1. The van der Waals surface area contributed by atoms with Gasteiger partial charge in [0.25, 0.3) is 0 Å². The minimum atomic E-state index is -0.534. The number of hydrogen-bond acceptors (Lipinski definition) is 5. The molecule has 2 rings (SSSR count). The van der Waals surface area contributed by atoms with Crippen LogP contribution in [0, 0.1) is 12.7 Å². The minimum absolute atomic E-state index is 0.0217. The molecule has 0 aliphatic carbocycles. The molecule has 0 aliphatic heterocycles. The Balaban J connectivity index is 2.41. The van der Waals surface area contributed by atoms with Crippen molar-refractivity contribution in [2.45, 2.75) is 26.3 Å². The van der Waals surface area contributed by atoms with E-state index >= 15 is 0 Å². The standard InChI is InChI=1S/C15H18ClFN4O/c1-3-10(18)7-19-15-13(17)8(2)20-14(21-15)11-6-9(16)4-5-12(11)22/h4-6,10,22H,3,7,18H2,1-2H3,(H,19,20,21)/t10-/m0/s1. The molecule has 1 atom stereocenters. The molecule has 0 radical (unpaired) electrons. The summed E-state index contributed by atoms with van der Waals surface area (Å²) in [6, 6.07) is 4.43. The number of aromatic nitrogens is 2. The number of nitrogens with two attached hydrogens (primary N) is 1. The molecule has 0 fully saturated rings. The van der Waals surface area contributed by atoms with E-state index < -0.39 is 5.82 Å². The first-order valence-electron chi connectivity index (χ1n) is 6.94. The Kier molecular flexibility index (Phi) is 5.15. The van der Waals surface area contributed by atoms with E-state index in [-0.39, 0.29) is 29.1 Å². The van der Waals surface area contributed by atoms with Crippen LogP contribution in [0.3, 0.4) is 0 Å². The number of benzene rings is 1. The zero-order valence-corrected chi connectivity index (χ0v) is 13.2. The zero-order valence-electron chi connectivity index (χ0n) is 12.4. The van der Waals surface area contributed by atoms with Crippen LogP contribution >= 0.6 is 11.6 Å². The van der Waals surface area contributed by atoms with Crippen LogP contribution in [0.1, 0.15) is 19.0 Å². The van der Waals surface area contributed by atoms with Gasteiger partial charge in [0, 0.05) is 17.6 Å². The highest BCUT2D eigenvalue weighted by Crippen LogP contribution is 2.31. The van der Waals surface area contributed by atoms with Crippen molar-refractivity contribution in [3.63, 3.8) is 0 Å². The van der Waals surface area contributed by atoms with Crippen molar-refractivity contribution >= 4 is 17.4 Å². The quantitative estimate of drug-likeness (QED) is 0.787. The molecule has 0 saturated carbocycles. The number of aryl methyl sites for hydroxylation is 1. The molecule has 1 heterocycles. The summed E-state index contributed by atoms with van der Waals surface area (Å²) < 4.78 is 14.1. The van der Waals surface area contributed by atoms with Gasteiger partial charge in [0.2, 0.25) is 0 Å². The molecule has 5 nitrogen and oxygen atoms in total. The number of phenolic OH excluding ortho intramolecular Hbond substituents is 1. The molecule has 1 aromatic heterocycles. The topological polar surface area (TPSA) is 84.1 Å². The van der Waals surface area contributed by atoms with Crippen LogP contribution in [0.5, 0.6) is 5.75 Å². The predicted octanol–water partition coefficient (Wildman–Crippen LogP) is 3.10. The Labute approximate surface area is 133 Å². The van der Waals surface area contributed by atoms with Crippen LogP contribution in [0.15, 0.2) is 18.2 Å². The van der Waals surface area contributed by atoms with Crippen LogP contribution in [0.2, 0.25) is 5.02 Å². The molecule has 4 N–H and O–H groups in total. The maximum absolute atomic E-state index is 14.1. The van der Waals surface area contributed by atoms with Gasteiger partial charge in [-0.1, -0.05) is 18.5 Å². The molecule has 0 amide bonds. The molecule has 7 heteroatoms. The van der Waals surface area contributed by atoms with Crippen LogP contribution < -0.4 is 11.1 Å². The predicted molar refractivity (Wildman–Crippen MR) is 85.6 cm³/mol. The molecule has 0 saturated heterocycles. The van der Waals surface area contributed by atoms with E-state index in [1.165, 1.54) is 19.1 Å². The average molecular weight is 325 g/mol. The van der Waals surface area contributed by atoms with Gasteiger partial charge in [0.15, 0.2) is 17.5 Å². The third kappa shape index (κ3) is 3.64. The monoisotopic (exact) mass is 324 g/mol. The van der Waals surface area contributed by atoms with Crippen LogP contribution in [-0.4, -0.2) is 27.7 Å². The van der Waals surface area contributed by atoms with Crippen molar-refractivity contribution in [1.82, 2.24) is 9.97 Å². The fourth-order valence-electron chi connectivity index (χ4n) is 1.86. The molecule has 0 unspecified atom stereocenters. The van der Waals surface area contributed by atoms with Gasteiger partial charge in [-0.25, -0.2) is 14.4 Å². The van der Waals surface area contributed by atoms with E-state index in [0.717, 1.165) is 6.42 Å². The second-order valence-corrected chi connectivity index (χ2v) is 5.44. The first-order valence-corrected chi connectivity index (χ1v) is 7.32. The summed E-state index contributed by atoms with van der Waals surface area (Å²) in [6.07, 6.45) is 0.765.